The SMILES string of the molecule is CC(=O)C(Cc1ccccc1)NC(=O)COC(=O)/C=C/c1cccc(Cl)c1. The summed E-state index contributed by atoms with van der Waals surface area (Å²) in [4.78, 5) is 35.5. The van der Waals surface area contributed by atoms with E-state index in [4.69, 9.17) is 16.3 Å². The largest absolute Gasteiger partial charge is 0.452 e. The Hall–Kier alpha value is -2.92. The van der Waals surface area contributed by atoms with E-state index in [1.807, 2.05) is 30.3 Å². The Morgan fingerprint density at radius 2 is 1.85 bits per heavy atom. The van der Waals surface area contributed by atoms with Gasteiger partial charge >= 0.3 is 5.97 Å². The molecule has 2 aromatic carbocycles. The van der Waals surface area contributed by atoms with Crippen LogP contribution in [0.1, 0.15) is 18.1 Å². The maximum Gasteiger partial charge on any atom is 0.331 e. The normalized spacial score (nSPS) is 11.8. The maximum absolute atomic E-state index is 12.0. The van der Waals surface area contributed by atoms with Gasteiger partial charge < -0.3 is 10.1 Å². The molecule has 0 saturated carbocycles. The molecule has 2 aromatic rings. The third-order valence-electron chi connectivity index (χ3n) is 3.71. The number of hydrogen-bond donors (Lipinski definition) is 1. The Kier molecular flexibility index (Phi) is 7.77. The highest BCUT2D eigenvalue weighted by atomic mass is 35.5. The van der Waals surface area contributed by atoms with Crippen LogP contribution in [0.3, 0.4) is 0 Å². The molecule has 0 aliphatic rings. The second-order valence-corrected chi connectivity index (χ2v) is 6.35. The predicted octanol–water partition coefficient (Wildman–Crippen LogP) is 3.21. The van der Waals surface area contributed by atoms with E-state index < -0.39 is 24.5 Å². The summed E-state index contributed by atoms with van der Waals surface area (Å²) in [6, 6.07) is 15.7. The number of esters is 1. The first-order valence-corrected chi connectivity index (χ1v) is 8.76. The van der Waals surface area contributed by atoms with Crippen molar-refractivity contribution < 1.29 is 19.1 Å². The van der Waals surface area contributed by atoms with Gasteiger partial charge in [-0.05, 0) is 42.7 Å². The van der Waals surface area contributed by atoms with Crippen LogP contribution in [0.2, 0.25) is 5.02 Å². The molecule has 0 bridgehead atoms. The summed E-state index contributed by atoms with van der Waals surface area (Å²) in [7, 11) is 0. The molecule has 27 heavy (non-hydrogen) atoms. The zero-order chi connectivity index (χ0) is 19.6. The summed E-state index contributed by atoms with van der Waals surface area (Å²) in [5.74, 6) is -1.36. The van der Waals surface area contributed by atoms with Gasteiger partial charge in [0.15, 0.2) is 12.4 Å². The number of rotatable bonds is 8. The topological polar surface area (TPSA) is 72.5 Å². The third kappa shape index (κ3) is 7.46. The molecular weight excluding hydrogens is 366 g/mol. The molecule has 1 atom stereocenters. The van der Waals surface area contributed by atoms with Crippen LogP contribution < -0.4 is 5.32 Å². The van der Waals surface area contributed by atoms with Crippen LogP contribution in [0.15, 0.2) is 60.7 Å². The summed E-state index contributed by atoms with van der Waals surface area (Å²) in [5.41, 5.74) is 1.67. The number of Topliss-reactive ketones (excluding diaryl/α,β-unsaturated/α-hetero) is 1. The number of ether oxygens (including phenoxy) is 1. The van der Waals surface area contributed by atoms with Crippen molar-refractivity contribution in [3.8, 4) is 0 Å². The predicted molar refractivity (Wildman–Crippen MR) is 104 cm³/mol. The van der Waals surface area contributed by atoms with E-state index in [2.05, 4.69) is 5.32 Å². The first kappa shape index (κ1) is 20.4. The lowest BCUT2D eigenvalue weighted by Gasteiger charge is -2.16. The van der Waals surface area contributed by atoms with Crippen molar-refractivity contribution in [3.05, 3.63) is 76.8 Å². The molecule has 2 rings (SSSR count). The van der Waals surface area contributed by atoms with E-state index in [1.165, 1.54) is 13.0 Å². The van der Waals surface area contributed by atoms with E-state index in [9.17, 15) is 14.4 Å². The van der Waals surface area contributed by atoms with Gasteiger partial charge in [-0.25, -0.2) is 4.79 Å². The van der Waals surface area contributed by atoms with Gasteiger partial charge in [-0.15, -0.1) is 0 Å². The van der Waals surface area contributed by atoms with Gasteiger partial charge in [-0.3, -0.25) is 9.59 Å². The van der Waals surface area contributed by atoms with Crippen molar-refractivity contribution >= 4 is 35.3 Å². The lowest BCUT2D eigenvalue weighted by molar-refractivity contribution is -0.144. The molecule has 0 fully saturated rings. The van der Waals surface area contributed by atoms with Crippen molar-refractivity contribution in [3.63, 3.8) is 0 Å². The lowest BCUT2D eigenvalue weighted by atomic mass is 10.0. The first-order chi connectivity index (χ1) is 12.9. The molecule has 1 unspecified atom stereocenters. The second kappa shape index (κ2) is 10.3. The fourth-order valence-electron chi connectivity index (χ4n) is 2.34. The van der Waals surface area contributed by atoms with E-state index in [0.29, 0.717) is 11.4 Å². The van der Waals surface area contributed by atoms with Crippen molar-refractivity contribution in [2.24, 2.45) is 0 Å². The Labute approximate surface area is 163 Å². The lowest BCUT2D eigenvalue weighted by Crippen LogP contribution is -2.43. The highest BCUT2D eigenvalue weighted by molar-refractivity contribution is 6.30. The molecule has 1 amide bonds. The molecule has 0 aliphatic heterocycles. The molecule has 140 valence electrons. The summed E-state index contributed by atoms with van der Waals surface area (Å²) < 4.78 is 4.90. The molecule has 0 radical (unpaired) electrons. The highest BCUT2D eigenvalue weighted by Crippen LogP contribution is 2.11. The van der Waals surface area contributed by atoms with E-state index in [1.54, 1.807) is 30.3 Å². The minimum absolute atomic E-state index is 0.167. The minimum Gasteiger partial charge on any atom is -0.452 e. The van der Waals surface area contributed by atoms with Crippen LogP contribution >= 0.6 is 11.6 Å². The average molecular weight is 386 g/mol. The van der Waals surface area contributed by atoms with Gasteiger partial charge in [-0.1, -0.05) is 54.1 Å². The first-order valence-electron chi connectivity index (χ1n) is 8.38. The Balaban J connectivity index is 1.82. The van der Waals surface area contributed by atoms with Crippen LogP contribution in [0.25, 0.3) is 6.08 Å². The zero-order valence-corrected chi connectivity index (χ0v) is 15.6. The van der Waals surface area contributed by atoms with E-state index in [0.717, 1.165) is 11.1 Å². The molecule has 0 saturated heterocycles. The van der Waals surface area contributed by atoms with Gasteiger partial charge in [0.05, 0.1) is 6.04 Å². The van der Waals surface area contributed by atoms with Crippen LogP contribution in [0.5, 0.6) is 0 Å². The second-order valence-electron chi connectivity index (χ2n) is 5.92. The smallest absolute Gasteiger partial charge is 0.331 e. The molecule has 0 aromatic heterocycles. The number of halogens is 1. The van der Waals surface area contributed by atoms with Crippen LogP contribution in [0.4, 0.5) is 0 Å². The van der Waals surface area contributed by atoms with Gasteiger partial charge in [0.1, 0.15) is 0 Å². The van der Waals surface area contributed by atoms with Gasteiger partial charge in [0.25, 0.3) is 5.91 Å². The van der Waals surface area contributed by atoms with Crippen LogP contribution in [-0.4, -0.2) is 30.3 Å². The Bertz CT molecular complexity index is 833. The number of ketones is 1. The number of amides is 1. The minimum atomic E-state index is -0.666. The summed E-state index contributed by atoms with van der Waals surface area (Å²) >= 11 is 5.86. The van der Waals surface area contributed by atoms with Gasteiger partial charge in [0, 0.05) is 11.1 Å². The molecule has 0 heterocycles. The number of benzene rings is 2. The summed E-state index contributed by atoms with van der Waals surface area (Å²) in [6.07, 6.45) is 3.13. The molecule has 0 spiro atoms. The molecule has 0 aliphatic carbocycles. The van der Waals surface area contributed by atoms with Crippen molar-refractivity contribution in [1.29, 1.82) is 0 Å². The van der Waals surface area contributed by atoms with Gasteiger partial charge in [-0.2, -0.15) is 0 Å². The number of nitrogens with one attached hydrogen (secondary N) is 1. The van der Waals surface area contributed by atoms with Crippen LogP contribution in [-0.2, 0) is 25.5 Å². The number of hydrogen-bond acceptors (Lipinski definition) is 4. The number of carbonyl (C=O) groups is 3. The number of carbonyl (C=O) groups excluding carboxylic acids is 3. The van der Waals surface area contributed by atoms with Gasteiger partial charge in [0.2, 0.25) is 0 Å². The molecule has 6 heteroatoms. The highest BCUT2D eigenvalue weighted by Gasteiger charge is 2.18. The molecule has 1 N–H and O–H groups in total. The van der Waals surface area contributed by atoms with E-state index in [-0.39, 0.29) is 5.78 Å². The van der Waals surface area contributed by atoms with Crippen molar-refractivity contribution in [2.45, 2.75) is 19.4 Å². The maximum atomic E-state index is 12.0. The van der Waals surface area contributed by atoms with Crippen molar-refractivity contribution in [1.82, 2.24) is 5.32 Å². The summed E-state index contributed by atoms with van der Waals surface area (Å²) in [6.45, 7) is 0.949. The zero-order valence-electron chi connectivity index (χ0n) is 14.9. The average Bonchev–Trinajstić information content (AvgIpc) is 2.65. The van der Waals surface area contributed by atoms with Crippen molar-refractivity contribution in [2.75, 3.05) is 6.61 Å². The van der Waals surface area contributed by atoms with Crippen LogP contribution in [0, 0.1) is 0 Å². The quantitative estimate of drug-likeness (QED) is 0.559. The molecule has 5 nitrogen and oxygen atoms in total. The monoisotopic (exact) mass is 385 g/mol. The fraction of sp³-hybridized carbons (Fsp3) is 0.190. The Morgan fingerprint density at radius 1 is 1.11 bits per heavy atom. The summed E-state index contributed by atoms with van der Waals surface area (Å²) in [5, 5.41) is 3.15. The fourth-order valence-corrected chi connectivity index (χ4v) is 2.54. The standard InChI is InChI=1S/C21H20ClNO4/c1-15(24)19(13-16-6-3-2-4-7-16)23-20(25)14-27-21(26)11-10-17-8-5-9-18(22)12-17/h2-12,19H,13-14H2,1H3,(H,23,25)/b11-10+. The van der Waals surface area contributed by atoms with E-state index >= 15 is 0 Å². The Morgan fingerprint density at radius 3 is 2.52 bits per heavy atom. The molecular formula is C21H20ClNO4. The third-order valence-corrected chi connectivity index (χ3v) is 3.95.